The summed E-state index contributed by atoms with van der Waals surface area (Å²) in [5, 5.41) is 6.17. The average molecular weight is 401 g/mol. The zero-order valence-electron chi connectivity index (χ0n) is 15.9. The first-order chi connectivity index (χ1) is 13.8. The lowest BCUT2D eigenvalue weighted by atomic mass is 9.74. The number of nitrogens with zero attached hydrogens (tertiary/aromatic N) is 1. The molecule has 3 heterocycles. The lowest BCUT2D eigenvalue weighted by Gasteiger charge is -2.54. The van der Waals surface area contributed by atoms with Gasteiger partial charge in [0.15, 0.2) is 0 Å². The Balaban J connectivity index is 1.36. The summed E-state index contributed by atoms with van der Waals surface area (Å²) in [4.78, 5) is 14.2. The minimum absolute atomic E-state index is 0.180. The fourth-order valence-corrected chi connectivity index (χ4v) is 4.12. The fraction of sp³-hybridized carbons (Fsp3) is 0.318. The van der Waals surface area contributed by atoms with E-state index in [-0.39, 0.29) is 18.1 Å². The molecule has 3 aliphatic heterocycles. The van der Waals surface area contributed by atoms with E-state index in [0.29, 0.717) is 24.7 Å². The Hall–Kier alpha value is -2.80. The molecule has 3 atom stereocenters. The number of hydrogen-bond donors (Lipinski definition) is 2. The van der Waals surface area contributed by atoms with Crippen molar-refractivity contribution in [3.63, 3.8) is 0 Å². The van der Waals surface area contributed by atoms with E-state index < -0.39 is 11.7 Å². The number of amides is 2. The molecule has 0 aliphatic carbocycles. The summed E-state index contributed by atoms with van der Waals surface area (Å²) in [6.45, 7) is 3.10. The van der Waals surface area contributed by atoms with Gasteiger partial charge in [-0.2, -0.15) is 13.2 Å². The summed E-state index contributed by atoms with van der Waals surface area (Å²) in [5.74, 6) is 0.366. The number of anilines is 1. The maximum absolute atomic E-state index is 12.7. The molecule has 0 aromatic heterocycles. The zero-order valence-corrected chi connectivity index (χ0v) is 15.9. The van der Waals surface area contributed by atoms with Crippen molar-refractivity contribution in [2.45, 2.75) is 31.1 Å². The molecule has 152 valence electrons. The van der Waals surface area contributed by atoms with Gasteiger partial charge in [0, 0.05) is 36.8 Å². The number of benzene rings is 2. The van der Waals surface area contributed by atoms with Crippen LogP contribution in [0.2, 0.25) is 0 Å². The van der Waals surface area contributed by atoms with Gasteiger partial charge in [0.1, 0.15) is 0 Å². The Kier molecular flexibility index (Phi) is 5.08. The second-order valence-corrected chi connectivity index (χ2v) is 7.48. The molecular weight excluding hydrogens is 379 g/mol. The van der Waals surface area contributed by atoms with Gasteiger partial charge in [-0.25, -0.2) is 4.79 Å². The molecule has 3 saturated heterocycles. The number of carbonyl (C=O) groups is 1. The topological polar surface area (TPSA) is 44.4 Å². The van der Waals surface area contributed by atoms with Gasteiger partial charge >= 0.3 is 12.2 Å². The molecule has 0 spiro atoms. The molecular formula is C22H22F3N3O. The molecule has 29 heavy (non-hydrogen) atoms. The van der Waals surface area contributed by atoms with E-state index in [0.717, 1.165) is 17.7 Å². The minimum atomic E-state index is -4.39. The molecule has 0 radical (unpaired) electrons. The summed E-state index contributed by atoms with van der Waals surface area (Å²) in [5.41, 5.74) is 2.04. The quantitative estimate of drug-likeness (QED) is 0.782. The van der Waals surface area contributed by atoms with Gasteiger partial charge in [0.2, 0.25) is 0 Å². The number of rotatable bonds is 3. The number of nitrogens with one attached hydrogen (secondary N) is 2. The van der Waals surface area contributed by atoms with E-state index >= 15 is 0 Å². The molecule has 7 heteroatoms. The number of urea groups is 1. The number of alkyl halides is 3. The molecule has 1 unspecified atom stereocenters. The third-order valence-corrected chi connectivity index (χ3v) is 5.56. The maximum Gasteiger partial charge on any atom is 0.416 e. The number of allylic oxidation sites excluding steroid dienone is 1. The Morgan fingerprint density at radius 2 is 1.69 bits per heavy atom. The predicted molar refractivity (Wildman–Crippen MR) is 107 cm³/mol. The molecule has 2 amide bonds. The molecule has 2 bridgehead atoms. The van der Waals surface area contributed by atoms with Crippen LogP contribution in [0.25, 0.3) is 6.08 Å². The van der Waals surface area contributed by atoms with Crippen molar-refractivity contribution in [3.8, 4) is 0 Å². The van der Waals surface area contributed by atoms with E-state index in [9.17, 15) is 18.0 Å². The van der Waals surface area contributed by atoms with E-state index in [1.54, 1.807) is 4.90 Å². The lowest BCUT2D eigenvalue weighted by Crippen LogP contribution is -2.72. The Bertz CT molecular complexity index is 894. The van der Waals surface area contributed by atoms with Crippen LogP contribution >= 0.6 is 0 Å². The molecule has 0 saturated carbocycles. The summed E-state index contributed by atoms with van der Waals surface area (Å²) in [6.07, 6.45) is -0.332. The molecule has 3 fully saturated rings. The van der Waals surface area contributed by atoms with E-state index in [1.165, 1.54) is 17.7 Å². The second-order valence-electron chi connectivity index (χ2n) is 7.48. The highest BCUT2D eigenvalue weighted by atomic mass is 19.4. The van der Waals surface area contributed by atoms with Crippen molar-refractivity contribution in [3.05, 3.63) is 71.3 Å². The second kappa shape index (κ2) is 7.55. The van der Waals surface area contributed by atoms with Crippen molar-refractivity contribution in [1.82, 2.24) is 10.2 Å². The summed E-state index contributed by atoms with van der Waals surface area (Å²) >= 11 is 0. The van der Waals surface area contributed by atoms with E-state index in [4.69, 9.17) is 0 Å². The molecule has 5 rings (SSSR count). The minimum Gasteiger partial charge on any atom is -0.321 e. The van der Waals surface area contributed by atoms with Gasteiger partial charge in [0.05, 0.1) is 5.56 Å². The van der Waals surface area contributed by atoms with Crippen molar-refractivity contribution < 1.29 is 18.0 Å². The number of fused-ring (bicyclic) bond motifs is 2. The van der Waals surface area contributed by atoms with Crippen molar-refractivity contribution in [1.29, 1.82) is 0 Å². The van der Waals surface area contributed by atoms with Gasteiger partial charge < -0.3 is 15.5 Å². The molecule has 2 aromatic carbocycles. The summed E-state index contributed by atoms with van der Waals surface area (Å²) in [6, 6.07) is 13.0. The third-order valence-electron chi connectivity index (χ3n) is 5.56. The lowest BCUT2D eigenvalue weighted by molar-refractivity contribution is -0.137. The van der Waals surface area contributed by atoms with Crippen molar-refractivity contribution >= 4 is 17.8 Å². The third kappa shape index (κ3) is 4.00. The van der Waals surface area contributed by atoms with Crippen LogP contribution in [-0.4, -0.2) is 36.1 Å². The summed E-state index contributed by atoms with van der Waals surface area (Å²) < 4.78 is 38.0. The number of halogens is 3. The highest BCUT2D eigenvalue weighted by Crippen LogP contribution is 2.37. The first-order valence-corrected chi connectivity index (χ1v) is 9.57. The highest BCUT2D eigenvalue weighted by Gasteiger charge is 2.48. The van der Waals surface area contributed by atoms with Gasteiger partial charge in [-0.15, -0.1) is 0 Å². The standard InChI is InChI=1S/C22H22F3N3O/c1-2-3-14-4-6-15(7-5-14)20-18-12-28(13-19(20)27-18)21(29)26-17-10-8-16(9-11-17)22(23,24)25/h2-11,18-20,27H,12-13H2,1H3,(H,26,29)/b3-2+/t18-,19+,20?. The maximum atomic E-state index is 12.7. The van der Waals surface area contributed by atoms with Crippen molar-refractivity contribution in [2.75, 3.05) is 18.4 Å². The number of piperazine rings is 1. The van der Waals surface area contributed by atoms with E-state index in [2.05, 4.69) is 41.0 Å². The number of hydrogen-bond acceptors (Lipinski definition) is 2. The van der Waals surface area contributed by atoms with Crippen LogP contribution in [0, 0.1) is 0 Å². The van der Waals surface area contributed by atoms with E-state index in [1.807, 2.05) is 13.0 Å². The van der Waals surface area contributed by atoms with Crippen LogP contribution in [0.15, 0.2) is 54.6 Å². The van der Waals surface area contributed by atoms with Crippen LogP contribution in [0.1, 0.15) is 29.5 Å². The van der Waals surface area contributed by atoms with Crippen LogP contribution in [0.5, 0.6) is 0 Å². The Morgan fingerprint density at radius 1 is 1.07 bits per heavy atom. The number of piperidine rings is 1. The van der Waals surface area contributed by atoms with Gasteiger partial charge in [-0.3, -0.25) is 0 Å². The normalized spacial score (nSPS) is 23.7. The van der Waals surface area contributed by atoms with Gasteiger partial charge in [-0.1, -0.05) is 36.4 Å². The number of carbonyl (C=O) groups excluding carboxylic acids is 1. The van der Waals surface area contributed by atoms with Crippen LogP contribution in [0.4, 0.5) is 23.7 Å². The van der Waals surface area contributed by atoms with Gasteiger partial charge in [-0.05, 0) is 42.3 Å². The Morgan fingerprint density at radius 3 is 2.24 bits per heavy atom. The SMILES string of the molecule is C/C=C/c1ccc(C2[C@@H]3CN(C(=O)Nc4ccc(C(F)(F)F)cc4)C[C@H]2N3)cc1. The summed E-state index contributed by atoms with van der Waals surface area (Å²) in [7, 11) is 0. The first-order valence-electron chi connectivity index (χ1n) is 9.57. The van der Waals surface area contributed by atoms with Gasteiger partial charge in [0.25, 0.3) is 0 Å². The Labute approximate surface area is 167 Å². The largest absolute Gasteiger partial charge is 0.416 e. The monoisotopic (exact) mass is 401 g/mol. The molecule has 2 aromatic rings. The van der Waals surface area contributed by atoms with Crippen LogP contribution in [-0.2, 0) is 6.18 Å². The first kappa shape index (κ1) is 19.5. The fourth-order valence-electron chi connectivity index (χ4n) is 4.12. The molecule has 2 N–H and O–H groups in total. The predicted octanol–water partition coefficient (Wildman–Crippen LogP) is 4.71. The van der Waals surface area contributed by atoms with Crippen LogP contribution < -0.4 is 10.6 Å². The zero-order chi connectivity index (χ0) is 20.6. The average Bonchev–Trinajstić information content (AvgIpc) is 2.69. The molecule has 3 aliphatic rings. The highest BCUT2D eigenvalue weighted by molar-refractivity contribution is 5.89. The smallest absolute Gasteiger partial charge is 0.321 e. The molecule has 4 nitrogen and oxygen atoms in total. The van der Waals surface area contributed by atoms with Crippen molar-refractivity contribution in [2.24, 2.45) is 0 Å². The van der Waals surface area contributed by atoms with Crippen LogP contribution in [0.3, 0.4) is 0 Å².